The second-order valence-corrected chi connectivity index (χ2v) is 7.52. The Bertz CT molecular complexity index is 815. The molecule has 1 amide bonds. The molecule has 5 nitrogen and oxygen atoms in total. The second kappa shape index (κ2) is 8.31. The predicted octanol–water partition coefficient (Wildman–Crippen LogP) is 4.54. The Morgan fingerprint density at radius 3 is 2.64 bits per heavy atom. The maximum absolute atomic E-state index is 12.6. The number of aromatic nitrogens is 3. The summed E-state index contributed by atoms with van der Waals surface area (Å²) in [6, 6.07) is 13.6. The van der Waals surface area contributed by atoms with Crippen LogP contribution in [0.2, 0.25) is 0 Å². The van der Waals surface area contributed by atoms with Crippen molar-refractivity contribution in [2.45, 2.75) is 37.2 Å². The lowest BCUT2D eigenvalue weighted by molar-refractivity contribution is -0.115. The molecule has 2 aromatic heterocycles. The van der Waals surface area contributed by atoms with Crippen LogP contribution < -0.4 is 5.32 Å². The number of carbonyl (C=O) groups excluding carboxylic acids is 1. The van der Waals surface area contributed by atoms with E-state index in [1.165, 1.54) is 11.8 Å². The molecule has 0 saturated carbocycles. The molecule has 0 fully saturated rings. The molecule has 1 N–H and O–H groups in total. The lowest BCUT2D eigenvalue weighted by Crippen LogP contribution is -2.25. The Morgan fingerprint density at radius 2 is 2.00 bits per heavy atom. The molecule has 25 heavy (non-hydrogen) atoms. The molecule has 0 bridgehead atoms. The maximum atomic E-state index is 12.6. The number of nitrogens with zero attached hydrogens (tertiary/aromatic N) is 3. The molecule has 0 saturated heterocycles. The maximum Gasteiger partial charge on any atom is 0.237 e. The molecule has 0 spiro atoms. The fourth-order valence-electron chi connectivity index (χ4n) is 2.44. The van der Waals surface area contributed by atoms with Crippen LogP contribution in [0, 0.1) is 0 Å². The van der Waals surface area contributed by atoms with Crippen molar-refractivity contribution in [2.75, 3.05) is 5.32 Å². The first-order valence-electron chi connectivity index (χ1n) is 8.22. The first-order valence-corrected chi connectivity index (χ1v) is 9.98. The van der Waals surface area contributed by atoms with E-state index < -0.39 is 0 Å². The van der Waals surface area contributed by atoms with Gasteiger partial charge in [-0.15, -0.1) is 21.5 Å². The van der Waals surface area contributed by atoms with E-state index in [0.717, 1.165) is 28.1 Å². The molecule has 0 aliphatic heterocycles. The molecular formula is C18H20N4OS2. The molecule has 130 valence electrons. The topological polar surface area (TPSA) is 59.8 Å². The summed E-state index contributed by atoms with van der Waals surface area (Å²) in [4.78, 5) is 13.7. The third-order valence-electron chi connectivity index (χ3n) is 3.73. The molecular weight excluding hydrogens is 352 g/mol. The van der Waals surface area contributed by atoms with E-state index >= 15 is 0 Å². The Labute approximate surface area is 155 Å². The van der Waals surface area contributed by atoms with E-state index in [0.29, 0.717) is 6.42 Å². The van der Waals surface area contributed by atoms with Crippen molar-refractivity contribution in [3.8, 4) is 10.7 Å². The largest absolute Gasteiger partial charge is 0.325 e. The van der Waals surface area contributed by atoms with Crippen molar-refractivity contribution in [3.05, 3.63) is 47.8 Å². The molecule has 0 aliphatic carbocycles. The van der Waals surface area contributed by atoms with Crippen molar-refractivity contribution >= 4 is 34.7 Å². The highest BCUT2D eigenvalue weighted by Gasteiger charge is 2.23. The first-order chi connectivity index (χ1) is 12.2. The van der Waals surface area contributed by atoms with E-state index in [4.69, 9.17) is 0 Å². The van der Waals surface area contributed by atoms with Crippen LogP contribution in [0.3, 0.4) is 0 Å². The zero-order valence-corrected chi connectivity index (χ0v) is 15.8. The number of thiophene rings is 1. The highest BCUT2D eigenvalue weighted by atomic mass is 32.2. The lowest BCUT2D eigenvalue weighted by atomic mass is 10.3. The van der Waals surface area contributed by atoms with Crippen molar-refractivity contribution in [3.63, 3.8) is 0 Å². The molecule has 0 radical (unpaired) electrons. The van der Waals surface area contributed by atoms with Crippen LogP contribution in [0.25, 0.3) is 10.7 Å². The number of nitrogens with one attached hydrogen (secondary N) is 1. The Morgan fingerprint density at radius 1 is 1.20 bits per heavy atom. The molecule has 0 unspecified atom stereocenters. The summed E-state index contributed by atoms with van der Waals surface area (Å²) in [7, 11) is 0. The fourth-order valence-corrected chi connectivity index (χ4v) is 4.18. The van der Waals surface area contributed by atoms with Crippen molar-refractivity contribution in [1.29, 1.82) is 0 Å². The minimum atomic E-state index is -0.217. The number of para-hydroxylation sites is 1. The van der Waals surface area contributed by atoms with E-state index in [-0.39, 0.29) is 11.2 Å². The van der Waals surface area contributed by atoms with Gasteiger partial charge in [-0.25, -0.2) is 0 Å². The predicted molar refractivity (Wildman–Crippen MR) is 104 cm³/mol. The second-order valence-electron chi connectivity index (χ2n) is 5.40. The average molecular weight is 373 g/mol. The summed E-state index contributed by atoms with van der Waals surface area (Å²) in [5.74, 6) is 0.848. The van der Waals surface area contributed by atoms with Crippen LogP contribution >= 0.6 is 23.1 Å². The Kier molecular flexibility index (Phi) is 5.88. The Hall–Kier alpha value is -2.12. The zero-order valence-electron chi connectivity index (χ0n) is 14.2. The first kappa shape index (κ1) is 17.7. The quantitative estimate of drug-likeness (QED) is 0.619. The lowest BCUT2D eigenvalue weighted by Gasteiger charge is -2.15. The van der Waals surface area contributed by atoms with Crippen molar-refractivity contribution in [1.82, 2.24) is 14.8 Å². The fraction of sp³-hybridized carbons (Fsp3) is 0.278. The molecule has 2 heterocycles. The Balaban J connectivity index is 1.76. The summed E-state index contributed by atoms with van der Waals surface area (Å²) in [5.41, 5.74) is 0.808. The zero-order chi connectivity index (χ0) is 17.6. The van der Waals surface area contributed by atoms with Crippen LogP contribution in [0.5, 0.6) is 0 Å². The number of benzene rings is 1. The van der Waals surface area contributed by atoms with Gasteiger partial charge in [0.15, 0.2) is 11.0 Å². The van der Waals surface area contributed by atoms with Gasteiger partial charge in [0.05, 0.1) is 10.1 Å². The van der Waals surface area contributed by atoms with Gasteiger partial charge in [0.2, 0.25) is 5.91 Å². The van der Waals surface area contributed by atoms with Gasteiger partial charge in [-0.05, 0) is 36.9 Å². The van der Waals surface area contributed by atoms with Crippen LogP contribution in [0.4, 0.5) is 5.69 Å². The van der Waals surface area contributed by atoms with Crippen molar-refractivity contribution in [2.24, 2.45) is 0 Å². The number of rotatable bonds is 7. The summed E-state index contributed by atoms with van der Waals surface area (Å²) in [6.45, 7) is 4.84. The summed E-state index contributed by atoms with van der Waals surface area (Å²) in [6.07, 6.45) is 0.717. The molecule has 0 aliphatic rings. The van der Waals surface area contributed by atoms with Gasteiger partial charge in [-0.2, -0.15) is 0 Å². The molecule has 1 aromatic carbocycles. The minimum Gasteiger partial charge on any atom is -0.325 e. The molecule has 3 rings (SSSR count). The van der Waals surface area contributed by atoms with Gasteiger partial charge in [0.1, 0.15) is 0 Å². The number of thioether (sulfide) groups is 1. The van der Waals surface area contributed by atoms with Crippen LogP contribution in [-0.4, -0.2) is 25.9 Å². The monoisotopic (exact) mass is 372 g/mol. The molecule has 3 aromatic rings. The highest BCUT2D eigenvalue weighted by Crippen LogP contribution is 2.30. The van der Waals surface area contributed by atoms with Gasteiger partial charge in [-0.3, -0.25) is 4.79 Å². The summed E-state index contributed by atoms with van der Waals surface area (Å²) >= 11 is 3.11. The van der Waals surface area contributed by atoms with Crippen LogP contribution in [-0.2, 0) is 11.3 Å². The number of anilines is 1. The van der Waals surface area contributed by atoms with E-state index in [1.807, 2.05) is 54.8 Å². The van der Waals surface area contributed by atoms with Gasteiger partial charge in [0, 0.05) is 12.2 Å². The molecule has 1 atom stereocenters. The van der Waals surface area contributed by atoms with E-state index in [1.54, 1.807) is 11.3 Å². The SMILES string of the molecule is CC[C@@H](Sc1nnc(-c2cccs2)n1CC)C(=O)Nc1ccccc1. The number of hydrogen-bond acceptors (Lipinski definition) is 5. The summed E-state index contributed by atoms with van der Waals surface area (Å²) < 4.78 is 2.06. The van der Waals surface area contributed by atoms with Gasteiger partial charge in [0.25, 0.3) is 0 Å². The van der Waals surface area contributed by atoms with Gasteiger partial charge >= 0.3 is 0 Å². The van der Waals surface area contributed by atoms with Gasteiger partial charge in [-0.1, -0.05) is 43.0 Å². The van der Waals surface area contributed by atoms with E-state index in [9.17, 15) is 4.79 Å². The van der Waals surface area contributed by atoms with Crippen LogP contribution in [0.1, 0.15) is 20.3 Å². The number of hydrogen-bond donors (Lipinski definition) is 1. The standard InChI is InChI=1S/C18H20N4OS2/c1-3-14(17(23)19-13-9-6-5-7-10-13)25-18-21-20-16(22(18)4-2)15-11-8-12-24-15/h5-12,14H,3-4H2,1-2H3,(H,19,23)/t14-/m1/s1. The van der Waals surface area contributed by atoms with E-state index in [2.05, 4.69) is 27.0 Å². The number of amides is 1. The van der Waals surface area contributed by atoms with Gasteiger partial charge < -0.3 is 9.88 Å². The minimum absolute atomic E-state index is 0.0120. The third kappa shape index (κ3) is 4.11. The smallest absolute Gasteiger partial charge is 0.237 e. The summed E-state index contributed by atoms with van der Waals surface area (Å²) in [5, 5.41) is 14.2. The average Bonchev–Trinajstić information content (AvgIpc) is 3.29. The van der Waals surface area contributed by atoms with Crippen molar-refractivity contribution < 1.29 is 4.79 Å². The normalized spacial score (nSPS) is 12.1. The van der Waals surface area contributed by atoms with Crippen LogP contribution in [0.15, 0.2) is 53.0 Å². The molecule has 7 heteroatoms. The highest BCUT2D eigenvalue weighted by molar-refractivity contribution is 8.00. The number of carbonyl (C=O) groups is 1. The third-order valence-corrected chi connectivity index (χ3v) is 5.94.